The second kappa shape index (κ2) is 7.94. The van der Waals surface area contributed by atoms with Crippen molar-refractivity contribution in [2.45, 2.75) is 57.3 Å². The average Bonchev–Trinajstić information content (AvgIpc) is 3.15. The number of nitrogens with two attached hydrogens (primary N) is 1. The van der Waals surface area contributed by atoms with Gasteiger partial charge >= 0.3 is 6.18 Å². The number of hydrogen-bond donors (Lipinski definition) is 3. The maximum atomic E-state index is 13.2. The highest BCUT2D eigenvalue weighted by Crippen LogP contribution is 2.44. The quantitative estimate of drug-likeness (QED) is 0.434. The molecule has 1 saturated carbocycles. The van der Waals surface area contributed by atoms with Crippen molar-refractivity contribution in [2.75, 3.05) is 11.1 Å². The normalized spacial score (nSPS) is 23.1. The molecule has 0 amide bonds. The van der Waals surface area contributed by atoms with Gasteiger partial charge in [-0.1, -0.05) is 6.92 Å². The van der Waals surface area contributed by atoms with Crippen molar-refractivity contribution in [3.8, 4) is 0 Å². The lowest BCUT2D eigenvalue weighted by molar-refractivity contribution is -0.137. The summed E-state index contributed by atoms with van der Waals surface area (Å²) in [7, 11) is 0. The van der Waals surface area contributed by atoms with Gasteiger partial charge in [0.1, 0.15) is 17.0 Å². The van der Waals surface area contributed by atoms with Crippen LogP contribution in [0.1, 0.15) is 61.6 Å². The molecule has 166 valence electrons. The van der Waals surface area contributed by atoms with Crippen LogP contribution in [0.25, 0.3) is 10.2 Å². The lowest BCUT2D eigenvalue weighted by Crippen LogP contribution is -2.29. The number of nitrogens with one attached hydrogen (secondary N) is 1. The van der Waals surface area contributed by atoms with E-state index in [9.17, 15) is 18.3 Å². The van der Waals surface area contributed by atoms with Crippen molar-refractivity contribution in [1.82, 2.24) is 9.97 Å². The van der Waals surface area contributed by atoms with Gasteiger partial charge in [0.15, 0.2) is 0 Å². The molecule has 31 heavy (non-hydrogen) atoms. The Kier molecular flexibility index (Phi) is 5.59. The third-order valence-electron chi connectivity index (χ3n) is 6.05. The lowest BCUT2D eigenvalue weighted by Gasteiger charge is -2.34. The molecule has 1 atom stereocenters. The van der Waals surface area contributed by atoms with E-state index in [4.69, 9.17) is 5.73 Å². The Morgan fingerprint density at radius 3 is 2.58 bits per heavy atom. The molecule has 5 nitrogen and oxygen atoms in total. The number of fused-ring (bicyclic) bond motifs is 1. The summed E-state index contributed by atoms with van der Waals surface area (Å²) in [6, 6.07) is 4.99. The van der Waals surface area contributed by atoms with Gasteiger partial charge in [-0.05, 0) is 68.4 Å². The SMILES string of the molecule is CC1CCC(O)(c2cc3c(N[C@H](C)c4cc(N)cc(C(F)(F)F)c4)ncnc3s2)CC1. The summed E-state index contributed by atoms with van der Waals surface area (Å²) in [5.41, 5.74) is 4.53. The van der Waals surface area contributed by atoms with Gasteiger partial charge in [-0.3, -0.25) is 0 Å². The molecule has 3 aromatic rings. The summed E-state index contributed by atoms with van der Waals surface area (Å²) >= 11 is 1.44. The summed E-state index contributed by atoms with van der Waals surface area (Å²) in [5.74, 6) is 1.12. The highest BCUT2D eigenvalue weighted by atomic mass is 32.1. The van der Waals surface area contributed by atoms with E-state index in [0.29, 0.717) is 30.1 Å². The number of alkyl halides is 3. The Bertz CT molecular complexity index is 1090. The Morgan fingerprint density at radius 1 is 1.19 bits per heavy atom. The van der Waals surface area contributed by atoms with E-state index in [-0.39, 0.29) is 5.69 Å². The van der Waals surface area contributed by atoms with Crippen molar-refractivity contribution in [2.24, 2.45) is 5.92 Å². The van der Waals surface area contributed by atoms with Crippen LogP contribution in [0.3, 0.4) is 0 Å². The molecule has 4 N–H and O–H groups in total. The van der Waals surface area contributed by atoms with E-state index in [0.717, 1.165) is 40.1 Å². The maximum absolute atomic E-state index is 13.2. The summed E-state index contributed by atoms with van der Waals surface area (Å²) in [4.78, 5) is 10.2. The van der Waals surface area contributed by atoms with E-state index in [1.165, 1.54) is 23.7 Å². The maximum Gasteiger partial charge on any atom is 0.416 e. The van der Waals surface area contributed by atoms with Gasteiger partial charge < -0.3 is 16.2 Å². The minimum absolute atomic E-state index is 0.0536. The number of thiophene rings is 1. The standard InChI is InChI=1S/C22H25F3N4OS/c1-12-3-5-21(30,6-4-12)18-10-17-19(27-11-28-20(17)31-18)29-13(2)14-7-15(22(23,24)25)9-16(26)8-14/h7-13,30H,3-6,26H2,1-2H3,(H,27,28,29)/t12?,13-,21?/m1/s1. The summed E-state index contributed by atoms with van der Waals surface area (Å²) in [6.07, 6.45) is 0.297. The highest BCUT2D eigenvalue weighted by Gasteiger charge is 2.35. The van der Waals surface area contributed by atoms with Crippen LogP contribution in [0.4, 0.5) is 24.7 Å². The van der Waals surface area contributed by atoms with Crippen molar-refractivity contribution in [3.63, 3.8) is 0 Å². The molecule has 0 radical (unpaired) electrons. The predicted molar refractivity (Wildman–Crippen MR) is 117 cm³/mol. The fraction of sp³-hybridized carbons (Fsp3) is 0.455. The fourth-order valence-corrected chi connectivity index (χ4v) is 5.21. The van der Waals surface area contributed by atoms with Gasteiger partial charge in [0.25, 0.3) is 0 Å². The molecule has 1 fully saturated rings. The van der Waals surface area contributed by atoms with Crippen molar-refractivity contribution in [1.29, 1.82) is 0 Å². The van der Waals surface area contributed by atoms with E-state index in [1.807, 2.05) is 6.07 Å². The molecule has 9 heteroatoms. The number of hydrogen-bond acceptors (Lipinski definition) is 6. The lowest BCUT2D eigenvalue weighted by atomic mass is 9.79. The van der Waals surface area contributed by atoms with Crippen LogP contribution in [0, 0.1) is 5.92 Å². The first-order chi connectivity index (χ1) is 14.5. The van der Waals surface area contributed by atoms with E-state index in [2.05, 4.69) is 22.2 Å². The molecule has 2 heterocycles. The molecule has 1 aliphatic rings. The average molecular weight is 451 g/mol. The van der Waals surface area contributed by atoms with Crippen molar-refractivity contribution >= 4 is 33.1 Å². The van der Waals surface area contributed by atoms with Gasteiger partial charge in [-0.15, -0.1) is 11.3 Å². The first kappa shape index (κ1) is 21.8. The Morgan fingerprint density at radius 2 is 1.90 bits per heavy atom. The molecule has 1 aliphatic carbocycles. The number of aromatic nitrogens is 2. The largest absolute Gasteiger partial charge is 0.416 e. The molecular formula is C22H25F3N4OS. The van der Waals surface area contributed by atoms with Crippen LogP contribution in [-0.4, -0.2) is 15.1 Å². The number of nitrogen functional groups attached to an aromatic ring is 1. The molecule has 0 aliphatic heterocycles. The highest BCUT2D eigenvalue weighted by molar-refractivity contribution is 7.18. The summed E-state index contributed by atoms with van der Waals surface area (Å²) in [5, 5.41) is 15.1. The van der Waals surface area contributed by atoms with Crippen LogP contribution in [0.15, 0.2) is 30.6 Å². The van der Waals surface area contributed by atoms with Gasteiger partial charge in [-0.25, -0.2) is 9.97 Å². The number of anilines is 2. The Labute approximate surface area is 182 Å². The zero-order chi connectivity index (χ0) is 22.4. The van der Waals surface area contributed by atoms with Crippen LogP contribution in [0.5, 0.6) is 0 Å². The molecule has 0 spiro atoms. The van der Waals surface area contributed by atoms with Crippen molar-refractivity contribution < 1.29 is 18.3 Å². The zero-order valence-electron chi connectivity index (χ0n) is 17.3. The van der Waals surface area contributed by atoms with E-state index >= 15 is 0 Å². The third-order valence-corrected chi connectivity index (χ3v) is 7.28. The number of halogens is 3. The molecule has 0 saturated heterocycles. The van der Waals surface area contributed by atoms with Gasteiger partial charge in [-0.2, -0.15) is 13.2 Å². The van der Waals surface area contributed by atoms with Crippen LogP contribution >= 0.6 is 11.3 Å². The zero-order valence-corrected chi connectivity index (χ0v) is 18.1. The number of benzene rings is 1. The fourth-order valence-electron chi connectivity index (χ4n) is 4.06. The van der Waals surface area contributed by atoms with Crippen LogP contribution in [0.2, 0.25) is 0 Å². The van der Waals surface area contributed by atoms with Gasteiger partial charge in [0, 0.05) is 10.6 Å². The summed E-state index contributed by atoms with van der Waals surface area (Å²) < 4.78 is 39.5. The number of nitrogens with zero attached hydrogens (tertiary/aromatic N) is 2. The number of aliphatic hydroxyl groups is 1. The minimum atomic E-state index is -4.47. The van der Waals surface area contributed by atoms with Crippen LogP contribution in [-0.2, 0) is 11.8 Å². The molecule has 0 unspecified atom stereocenters. The Balaban J connectivity index is 1.64. The first-order valence-corrected chi connectivity index (χ1v) is 11.1. The smallest absolute Gasteiger partial charge is 0.399 e. The molecular weight excluding hydrogens is 425 g/mol. The number of rotatable bonds is 4. The molecule has 4 rings (SSSR count). The Hall–Kier alpha value is -2.39. The van der Waals surface area contributed by atoms with Crippen LogP contribution < -0.4 is 11.1 Å². The topological polar surface area (TPSA) is 84.1 Å². The second-order valence-electron chi connectivity index (χ2n) is 8.52. The van der Waals surface area contributed by atoms with Gasteiger partial charge in [0.05, 0.1) is 22.6 Å². The second-order valence-corrected chi connectivity index (χ2v) is 9.55. The minimum Gasteiger partial charge on any atom is -0.399 e. The van der Waals surface area contributed by atoms with Gasteiger partial charge in [0.2, 0.25) is 0 Å². The molecule has 2 aromatic heterocycles. The monoisotopic (exact) mass is 450 g/mol. The summed E-state index contributed by atoms with van der Waals surface area (Å²) in [6.45, 7) is 3.95. The molecule has 0 bridgehead atoms. The van der Waals surface area contributed by atoms with E-state index < -0.39 is 23.4 Å². The van der Waals surface area contributed by atoms with E-state index in [1.54, 1.807) is 6.92 Å². The predicted octanol–water partition coefficient (Wildman–Crippen LogP) is 5.86. The van der Waals surface area contributed by atoms with Crippen molar-refractivity contribution in [3.05, 3.63) is 46.6 Å². The molecule has 1 aromatic carbocycles. The first-order valence-electron chi connectivity index (χ1n) is 10.3. The third kappa shape index (κ3) is 4.48.